The molecular formula is C20H20N2O4. The van der Waals surface area contributed by atoms with Crippen LogP contribution in [0.3, 0.4) is 0 Å². The third-order valence-electron chi connectivity index (χ3n) is 5.33. The van der Waals surface area contributed by atoms with E-state index in [4.69, 9.17) is 9.47 Å². The highest BCUT2D eigenvalue weighted by molar-refractivity contribution is 5.64. The molecule has 2 aliphatic rings. The Bertz CT molecular complexity index is 893. The van der Waals surface area contributed by atoms with E-state index >= 15 is 0 Å². The zero-order valence-corrected chi connectivity index (χ0v) is 14.6. The van der Waals surface area contributed by atoms with Crippen molar-refractivity contribution in [1.82, 2.24) is 0 Å². The molecule has 1 heterocycles. The molecule has 0 spiro atoms. The van der Waals surface area contributed by atoms with Gasteiger partial charge in [-0.05, 0) is 30.0 Å². The van der Waals surface area contributed by atoms with E-state index in [0.29, 0.717) is 5.75 Å². The summed E-state index contributed by atoms with van der Waals surface area (Å²) < 4.78 is 11.1. The number of nitrogens with one attached hydrogen (secondary N) is 1. The maximum absolute atomic E-state index is 11.2. The van der Waals surface area contributed by atoms with E-state index in [-0.39, 0.29) is 28.5 Å². The third kappa shape index (κ3) is 2.49. The second-order valence-corrected chi connectivity index (χ2v) is 6.59. The van der Waals surface area contributed by atoms with Crippen LogP contribution >= 0.6 is 0 Å². The molecular weight excluding hydrogens is 332 g/mol. The fourth-order valence-corrected chi connectivity index (χ4v) is 4.16. The molecule has 4 rings (SSSR count). The van der Waals surface area contributed by atoms with Gasteiger partial charge in [-0.1, -0.05) is 24.3 Å². The number of methoxy groups -OCH3 is 2. The summed E-state index contributed by atoms with van der Waals surface area (Å²) in [5, 5.41) is 14.7. The molecule has 0 radical (unpaired) electrons. The second kappa shape index (κ2) is 6.37. The molecule has 134 valence electrons. The molecule has 0 saturated heterocycles. The maximum atomic E-state index is 11.2. The number of nitro groups is 1. The molecule has 0 bridgehead atoms. The Labute approximate surface area is 151 Å². The number of fused-ring (bicyclic) bond motifs is 3. The van der Waals surface area contributed by atoms with Crippen molar-refractivity contribution in [2.24, 2.45) is 5.92 Å². The SMILES string of the molecule is COc1cccc([C@@H]2Nc3ccc([N+](=O)[O-])cc3[C@@H]3C=CC[C@@H]32)c1OC. The number of nitrogens with zero attached hydrogens (tertiary/aromatic N) is 1. The Hall–Kier alpha value is -3.02. The molecule has 2 aromatic rings. The maximum Gasteiger partial charge on any atom is 0.269 e. The Morgan fingerprint density at radius 2 is 2.00 bits per heavy atom. The van der Waals surface area contributed by atoms with Gasteiger partial charge in [-0.15, -0.1) is 0 Å². The monoisotopic (exact) mass is 352 g/mol. The minimum Gasteiger partial charge on any atom is -0.493 e. The van der Waals surface area contributed by atoms with Crippen molar-refractivity contribution >= 4 is 11.4 Å². The molecule has 2 aromatic carbocycles. The fourth-order valence-electron chi connectivity index (χ4n) is 4.16. The van der Waals surface area contributed by atoms with E-state index in [9.17, 15) is 10.1 Å². The van der Waals surface area contributed by atoms with Gasteiger partial charge in [0, 0.05) is 29.3 Å². The lowest BCUT2D eigenvalue weighted by Gasteiger charge is -2.38. The van der Waals surface area contributed by atoms with Crippen LogP contribution in [0.4, 0.5) is 11.4 Å². The minimum absolute atomic E-state index is 0.0361. The number of non-ortho nitro benzene ring substituents is 1. The van der Waals surface area contributed by atoms with Gasteiger partial charge in [0.05, 0.1) is 25.2 Å². The molecule has 6 nitrogen and oxygen atoms in total. The van der Waals surface area contributed by atoms with Crippen LogP contribution in [0.25, 0.3) is 0 Å². The van der Waals surface area contributed by atoms with E-state index in [2.05, 4.69) is 17.5 Å². The Balaban J connectivity index is 1.81. The molecule has 0 fully saturated rings. The average Bonchev–Trinajstić information content (AvgIpc) is 3.16. The van der Waals surface area contributed by atoms with Crippen LogP contribution in [0.15, 0.2) is 48.6 Å². The summed E-state index contributed by atoms with van der Waals surface area (Å²) in [6.45, 7) is 0. The lowest BCUT2D eigenvalue weighted by atomic mass is 9.76. The first kappa shape index (κ1) is 16.4. The van der Waals surface area contributed by atoms with Gasteiger partial charge in [0.25, 0.3) is 5.69 Å². The van der Waals surface area contributed by atoms with E-state index in [1.807, 2.05) is 18.2 Å². The first-order chi connectivity index (χ1) is 12.6. The fraction of sp³-hybridized carbons (Fsp3) is 0.300. The zero-order chi connectivity index (χ0) is 18.3. The summed E-state index contributed by atoms with van der Waals surface area (Å²) in [5.41, 5.74) is 3.07. The molecule has 6 heteroatoms. The highest BCUT2D eigenvalue weighted by atomic mass is 16.6. The minimum atomic E-state index is -0.342. The van der Waals surface area contributed by atoms with Crippen LogP contribution in [0.2, 0.25) is 0 Å². The lowest BCUT2D eigenvalue weighted by Crippen LogP contribution is -2.29. The van der Waals surface area contributed by atoms with Crippen LogP contribution in [0, 0.1) is 16.0 Å². The summed E-state index contributed by atoms with van der Waals surface area (Å²) in [5.74, 6) is 1.84. The first-order valence-electron chi connectivity index (χ1n) is 8.56. The average molecular weight is 352 g/mol. The number of benzene rings is 2. The van der Waals surface area contributed by atoms with Gasteiger partial charge < -0.3 is 14.8 Å². The molecule has 1 aliphatic heterocycles. The van der Waals surface area contributed by atoms with Crippen molar-refractivity contribution in [3.05, 3.63) is 69.8 Å². The first-order valence-corrected chi connectivity index (χ1v) is 8.56. The topological polar surface area (TPSA) is 73.6 Å². The standard InChI is InChI=1S/C20H20N2O4/c1-25-18-8-4-7-15(20(18)26-2)19-14-6-3-5-13(14)16-11-12(22(23)24)9-10-17(16)21-19/h3-5,7-11,13-14,19,21H,6H2,1-2H3/t13-,14+,19-/m1/s1. The predicted octanol–water partition coefficient (Wildman–Crippen LogP) is 4.44. The van der Waals surface area contributed by atoms with Gasteiger partial charge >= 0.3 is 0 Å². The lowest BCUT2D eigenvalue weighted by molar-refractivity contribution is -0.384. The zero-order valence-electron chi connectivity index (χ0n) is 14.6. The number of hydrogen-bond acceptors (Lipinski definition) is 5. The number of anilines is 1. The molecule has 0 saturated carbocycles. The summed E-state index contributed by atoms with van der Waals surface area (Å²) in [6.07, 6.45) is 5.23. The summed E-state index contributed by atoms with van der Waals surface area (Å²) in [4.78, 5) is 10.8. The van der Waals surface area contributed by atoms with Gasteiger partial charge in [-0.3, -0.25) is 10.1 Å². The smallest absolute Gasteiger partial charge is 0.269 e. The van der Waals surface area contributed by atoms with Gasteiger partial charge in [0.1, 0.15) is 0 Å². The Morgan fingerprint density at radius 1 is 1.15 bits per heavy atom. The van der Waals surface area contributed by atoms with Gasteiger partial charge in [-0.25, -0.2) is 0 Å². The van der Waals surface area contributed by atoms with Crippen LogP contribution in [-0.2, 0) is 0 Å². The number of nitro benzene ring substituents is 1. The van der Waals surface area contributed by atoms with E-state index in [0.717, 1.165) is 29.0 Å². The van der Waals surface area contributed by atoms with Crippen LogP contribution in [-0.4, -0.2) is 19.1 Å². The highest BCUT2D eigenvalue weighted by Gasteiger charge is 2.40. The largest absolute Gasteiger partial charge is 0.493 e. The van der Waals surface area contributed by atoms with Crippen molar-refractivity contribution in [2.75, 3.05) is 19.5 Å². The van der Waals surface area contributed by atoms with Crippen molar-refractivity contribution < 1.29 is 14.4 Å². The second-order valence-electron chi connectivity index (χ2n) is 6.59. The number of hydrogen-bond donors (Lipinski definition) is 1. The number of para-hydroxylation sites is 1. The van der Waals surface area contributed by atoms with Crippen molar-refractivity contribution in [3.8, 4) is 11.5 Å². The van der Waals surface area contributed by atoms with Crippen molar-refractivity contribution in [3.63, 3.8) is 0 Å². The van der Waals surface area contributed by atoms with Gasteiger partial charge in [0.15, 0.2) is 11.5 Å². The van der Waals surface area contributed by atoms with E-state index < -0.39 is 0 Å². The van der Waals surface area contributed by atoms with Crippen molar-refractivity contribution in [2.45, 2.75) is 18.4 Å². The third-order valence-corrected chi connectivity index (χ3v) is 5.33. The summed E-state index contributed by atoms with van der Waals surface area (Å²) in [7, 11) is 3.27. The molecule has 0 unspecified atom stereocenters. The number of ether oxygens (including phenoxy) is 2. The van der Waals surface area contributed by atoms with Gasteiger partial charge in [-0.2, -0.15) is 0 Å². The van der Waals surface area contributed by atoms with Gasteiger partial charge in [0.2, 0.25) is 0 Å². The van der Waals surface area contributed by atoms with Crippen LogP contribution < -0.4 is 14.8 Å². The summed E-state index contributed by atoms with van der Waals surface area (Å²) in [6, 6.07) is 11.0. The van der Waals surface area contributed by atoms with E-state index in [1.165, 1.54) is 0 Å². The summed E-state index contributed by atoms with van der Waals surface area (Å²) >= 11 is 0. The molecule has 0 aromatic heterocycles. The Morgan fingerprint density at radius 3 is 2.73 bits per heavy atom. The molecule has 26 heavy (non-hydrogen) atoms. The Kier molecular flexibility index (Phi) is 4.03. The highest BCUT2D eigenvalue weighted by Crippen LogP contribution is 2.52. The molecule has 1 N–H and O–H groups in total. The van der Waals surface area contributed by atoms with Crippen LogP contribution in [0.5, 0.6) is 11.5 Å². The predicted molar refractivity (Wildman–Crippen MR) is 99.0 cm³/mol. The molecule has 0 amide bonds. The molecule has 3 atom stereocenters. The van der Waals surface area contributed by atoms with Crippen molar-refractivity contribution in [1.29, 1.82) is 0 Å². The van der Waals surface area contributed by atoms with E-state index in [1.54, 1.807) is 32.4 Å². The normalized spacial score (nSPS) is 22.9. The number of allylic oxidation sites excluding steroid dienone is 2. The van der Waals surface area contributed by atoms with Crippen LogP contribution in [0.1, 0.15) is 29.5 Å². The number of rotatable bonds is 4. The molecule has 1 aliphatic carbocycles. The quantitative estimate of drug-likeness (QED) is 0.500.